The Hall–Kier alpha value is -2.57. The van der Waals surface area contributed by atoms with Gasteiger partial charge in [0.2, 0.25) is 0 Å². The predicted octanol–water partition coefficient (Wildman–Crippen LogP) is 5.64. The Morgan fingerprint density at radius 3 is 2.56 bits per heavy atom. The van der Waals surface area contributed by atoms with Gasteiger partial charge in [0.25, 0.3) is 0 Å². The number of aryl methyl sites for hydroxylation is 1. The highest BCUT2D eigenvalue weighted by Gasteiger charge is 2.15. The Kier molecular flexibility index (Phi) is 5.68. The Bertz CT molecular complexity index is 1000. The number of amides is 2. The lowest BCUT2D eigenvalue weighted by atomic mass is 10.2. The largest absolute Gasteiger partial charge is 0.323 e. The zero-order valence-electron chi connectivity index (χ0n) is 14.7. The monoisotopic (exact) mass is 406 g/mol. The third-order valence-corrected chi connectivity index (χ3v) is 4.81. The van der Waals surface area contributed by atoms with Crippen LogP contribution < -0.4 is 10.6 Å². The first-order valence-corrected chi connectivity index (χ1v) is 8.91. The van der Waals surface area contributed by atoms with Crippen LogP contribution in [-0.4, -0.2) is 15.8 Å². The van der Waals surface area contributed by atoms with Crippen molar-refractivity contribution in [3.8, 4) is 0 Å². The molecule has 0 bridgehead atoms. The zero-order chi connectivity index (χ0) is 19.6. The first-order valence-electron chi connectivity index (χ1n) is 8.15. The van der Waals surface area contributed by atoms with Gasteiger partial charge in [-0.1, -0.05) is 41.4 Å². The molecule has 3 rings (SSSR count). The topological polar surface area (TPSA) is 59.0 Å². The van der Waals surface area contributed by atoms with Crippen LogP contribution in [0.1, 0.15) is 17.0 Å². The maximum atomic E-state index is 13.9. The van der Waals surface area contributed by atoms with Gasteiger partial charge < -0.3 is 10.6 Å². The van der Waals surface area contributed by atoms with E-state index in [1.165, 1.54) is 6.07 Å². The number of anilines is 2. The van der Waals surface area contributed by atoms with Crippen LogP contribution in [0.25, 0.3) is 0 Å². The number of carbonyl (C=O) groups excluding carboxylic acids is 1. The highest BCUT2D eigenvalue weighted by molar-refractivity contribution is 6.42. The number of benzene rings is 2. The van der Waals surface area contributed by atoms with Gasteiger partial charge in [0.15, 0.2) is 0 Å². The fraction of sp³-hybridized carbons (Fsp3) is 0.158. The summed E-state index contributed by atoms with van der Waals surface area (Å²) in [5, 5.41) is 10.6. The van der Waals surface area contributed by atoms with Crippen LogP contribution in [-0.2, 0) is 6.54 Å². The third-order valence-electron chi connectivity index (χ3n) is 4.08. The third kappa shape index (κ3) is 4.40. The average molecular weight is 407 g/mol. The summed E-state index contributed by atoms with van der Waals surface area (Å²) in [5.74, 6) is -0.295. The number of hydrogen-bond donors (Lipinski definition) is 2. The van der Waals surface area contributed by atoms with Crippen LogP contribution in [0.3, 0.4) is 0 Å². The summed E-state index contributed by atoms with van der Waals surface area (Å²) < 4.78 is 15.5. The number of rotatable bonds is 4. The summed E-state index contributed by atoms with van der Waals surface area (Å²) in [6, 6.07) is 10.9. The summed E-state index contributed by atoms with van der Waals surface area (Å²) in [5.41, 5.74) is 2.96. The zero-order valence-corrected chi connectivity index (χ0v) is 16.2. The SMILES string of the molecule is Cc1nn(Cc2ccccc2F)c(C)c1NC(=O)Nc1ccc(Cl)c(Cl)c1. The smallest absolute Gasteiger partial charge is 0.308 e. The molecule has 27 heavy (non-hydrogen) atoms. The Morgan fingerprint density at radius 2 is 1.85 bits per heavy atom. The number of carbonyl (C=O) groups is 1. The molecule has 2 aromatic carbocycles. The van der Waals surface area contributed by atoms with E-state index in [4.69, 9.17) is 23.2 Å². The van der Waals surface area contributed by atoms with E-state index < -0.39 is 6.03 Å². The average Bonchev–Trinajstić information content (AvgIpc) is 2.88. The molecule has 2 amide bonds. The van der Waals surface area contributed by atoms with E-state index in [2.05, 4.69) is 15.7 Å². The molecule has 0 saturated carbocycles. The molecule has 1 heterocycles. The van der Waals surface area contributed by atoms with Gasteiger partial charge >= 0.3 is 6.03 Å². The standard InChI is InChI=1S/C19H17Cl2FN4O/c1-11-18(24-19(27)23-14-7-8-15(20)16(21)9-14)12(2)26(25-11)10-13-5-3-4-6-17(13)22/h3-9H,10H2,1-2H3,(H2,23,24,27). The molecule has 0 aliphatic heterocycles. The van der Waals surface area contributed by atoms with Crippen LogP contribution in [0.5, 0.6) is 0 Å². The maximum absolute atomic E-state index is 13.9. The van der Waals surface area contributed by atoms with Gasteiger partial charge in [0, 0.05) is 11.3 Å². The van der Waals surface area contributed by atoms with Crippen molar-refractivity contribution in [3.05, 3.63) is 75.3 Å². The predicted molar refractivity (Wildman–Crippen MR) is 106 cm³/mol. The van der Waals surface area contributed by atoms with Crippen molar-refractivity contribution in [3.63, 3.8) is 0 Å². The van der Waals surface area contributed by atoms with Gasteiger partial charge in [-0.15, -0.1) is 0 Å². The first kappa shape index (κ1) is 19.2. The van der Waals surface area contributed by atoms with E-state index >= 15 is 0 Å². The molecule has 1 aromatic heterocycles. The summed E-state index contributed by atoms with van der Waals surface area (Å²) in [6.07, 6.45) is 0. The van der Waals surface area contributed by atoms with E-state index in [0.717, 1.165) is 5.69 Å². The molecule has 0 aliphatic rings. The van der Waals surface area contributed by atoms with Crippen LogP contribution in [0, 0.1) is 19.7 Å². The van der Waals surface area contributed by atoms with E-state index in [0.29, 0.717) is 32.7 Å². The van der Waals surface area contributed by atoms with Gasteiger partial charge in [-0.25, -0.2) is 9.18 Å². The molecule has 0 fully saturated rings. The second kappa shape index (κ2) is 7.98. The normalized spacial score (nSPS) is 10.7. The van der Waals surface area contributed by atoms with Crippen molar-refractivity contribution in [2.24, 2.45) is 0 Å². The van der Waals surface area contributed by atoms with Crippen LogP contribution >= 0.6 is 23.2 Å². The summed E-state index contributed by atoms with van der Waals surface area (Å²) in [6.45, 7) is 3.87. The van der Waals surface area contributed by atoms with Crippen LogP contribution in [0.2, 0.25) is 10.0 Å². The lowest BCUT2D eigenvalue weighted by Gasteiger charge is -2.09. The number of halogens is 3. The highest BCUT2D eigenvalue weighted by atomic mass is 35.5. The summed E-state index contributed by atoms with van der Waals surface area (Å²) >= 11 is 11.8. The van der Waals surface area contributed by atoms with Gasteiger partial charge in [0.05, 0.1) is 33.7 Å². The molecule has 0 unspecified atom stereocenters. The Labute approximate surface area is 166 Å². The lowest BCUT2D eigenvalue weighted by molar-refractivity contribution is 0.262. The van der Waals surface area contributed by atoms with Crippen molar-refractivity contribution in [1.29, 1.82) is 0 Å². The molecule has 3 aromatic rings. The Balaban J connectivity index is 1.75. The van der Waals surface area contributed by atoms with Crippen molar-refractivity contribution in [2.75, 3.05) is 10.6 Å². The second-order valence-corrected chi connectivity index (χ2v) is 6.82. The number of aromatic nitrogens is 2. The molecule has 0 atom stereocenters. The van der Waals surface area contributed by atoms with Crippen LogP contribution in [0.4, 0.5) is 20.6 Å². The Morgan fingerprint density at radius 1 is 1.11 bits per heavy atom. The van der Waals surface area contributed by atoms with Gasteiger partial charge in [-0.2, -0.15) is 5.10 Å². The van der Waals surface area contributed by atoms with E-state index in [9.17, 15) is 9.18 Å². The lowest BCUT2D eigenvalue weighted by Crippen LogP contribution is -2.20. The minimum atomic E-state index is -0.440. The molecule has 0 spiro atoms. The van der Waals surface area contributed by atoms with Gasteiger partial charge in [-0.05, 0) is 38.1 Å². The second-order valence-electron chi connectivity index (χ2n) is 6.00. The molecule has 0 radical (unpaired) electrons. The van der Waals surface area contributed by atoms with E-state index in [1.54, 1.807) is 48.0 Å². The van der Waals surface area contributed by atoms with Crippen molar-refractivity contribution in [2.45, 2.75) is 20.4 Å². The molecule has 0 saturated heterocycles. The molecule has 0 aliphatic carbocycles. The summed E-state index contributed by atoms with van der Waals surface area (Å²) in [4.78, 5) is 12.3. The maximum Gasteiger partial charge on any atom is 0.323 e. The van der Waals surface area contributed by atoms with E-state index in [-0.39, 0.29) is 12.4 Å². The number of nitrogens with one attached hydrogen (secondary N) is 2. The van der Waals surface area contributed by atoms with Gasteiger partial charge in [0.1, 0.15) is 5.82 Å². The van der Waals surface area contributed by atoms with Crippen molar-refractivity contribution < 1.29 is 9.18 Å². The fourth-order valence-corrected chi connectivity index (χ4v) is 2.97. The fourth-order valence-electron chi connectivity index (χ4n) is 2.67. The molecule has 8 heteroatoms. The van der Waals surface area contributed by atoms with Crippen molar-refractivity contribution >= 4 is 40.6 Å². The molecular formula is C19H17Cl2FN4O. The minimum Gasteiger partial charge on any atom is -0.308 e. The summed E-state index contributed by atoms with van der Waals surface area (Å²) in [7, 11) is 0. The number of nitrogens with zero attached hydrogens (tertiary/aromatic N) is 2. The van der Waals surface area contributed by atoms with Crippen molar-refractivity contribution in [1.82, 2.24) is 9.78 Å². The minimum absolute atomic E-state index is 0.273. The quantitative estimate of drug-likeness (QED) is 0.588. The number of hydrogen-bond acceptors (Lipinski definition) is 2. The molecule has 140 valence electrons. The number of urea groups is 1. The van der Waals surface area contributed by atoms with Crippen LogP contribution in [0.15, 0.2) is 42.5 Å². The van der Waals surface area contributed by atoms with Gasteiger partial charge in [-0.3, -0.25) is 4.68 Å². The first-order chi connectivity index (χ1) is 12.8. The molecule has 2 N–H and O–H groups in total. The molecule has 5 nitrogen and oxygen atoms in total. The highest BCUT2D eigenvalue weighted by Crippen LogP contribution is 2.26. The molecular weight excluding hydrogens is 390 g/mol. The van der Waals surface area contributed by atoms with E-state index in [1.807, 2.05) is 6.92 Å².